The lowest BCUT2D eigenvalue weighted by atomic mass is 9.48. The van der Waals surface area contributed by atoms with Crippen LogP contribution in [0.5, 0.6) is 0 Å². The van der Waals surface area contributed by atoms with Crippen LogP contribution in [0.2, 0.25) is 0 Å². The van der Waals surface area contributed by atoms with Crippen LogP contribution in [-0.2, 0) is 4.79 Å². The van der Waals surface area contributed by atoms with E-state index in [2.05, 4.69) is 19.9 Å². The van der Waals surface area contributed by atoms with Crippen LogP contribution in [-0.4, -0.2) is 5.78 Å². The number of rotatable bonds is 1. The molecule has 4 aliphatic carbocycles. The standard InChI is InChI=1S/C21H29NO/c1-3-13-10-14-11-16(23)5-6-17(14)18-8-9-21(2)15(12-22)4-7-19(21)20(13)18/h11,13,15,17-20H,3-10H2,1-2H3/t13?,15?,17-,18+,19-,20+,21+/m0/s1. The number of hydrogen-bond donors (Lipinski definition) is 0. The fraction of sp³-hybridized carbons (Fsp3) is 0.810. The molecule has 0 aromatic carbocycles. The van der Waals surface area contributed by atoms with Gasteiger partial charge in [0.2, 0.25) is 0 Å². The van der Waals surface area contributed by atoms with Crippen molar-refractivity contribution in [2.75, 3.05) is 0 Å². The number of hydrogen-bond acceptors (Lipinski definition) is 2. The molecule has 23 heavy (non-hydrogen) atoms. The van der Waals surface area contributed by atoms with Crippen molar-refractivity contribution in [3.05, 3.63) is 11.6 Å². The fourth-order valence-corrected chi connectivity index (χ4v) is 7.01. The van der Waals surface area contributed by atoms with Gasteiger partial charge in [-0.1, -0.05) is 25.8 Å². The molecule has 7 atom stereocenters. The molecule has 3 fully saturated rings. The Labute approximate surface area is 140 Å². The number of fused-ring (bicyclic) bond motifs is 5. The third-order valence-electron chi connectivity index (χ3n) is 8.15. The molecular formula is C21H29NO. The summed E-state index contributed by atoms with van der Waals surface area (Å²) in [6.07, 6.45) is 11.1. The first-order valence-corrected chi connectivity index (χ1v) is 9.71. The Morgan fingerprint density at radius 3 is 2.87 bits per heavy atom. The maximum Gasteiger partial charge on any atom is 0.155 e. The molecule has 0 amide bonds. The van der Waals surface area contributed by atoms with E-state index in [9.17, 15) is 10.1 Å². The van der Waals surface area contributed by atoms with Gasteiger partial charge in [0.05, 0.1) is 12.0 Å². The summed E-state index contributed by atoms with van der Waals surface area (Å²) in [4.78, 5) is 11.9. The summed E-state index contributed by atoms with van der Waals surface area (Å²) in [6.45, 7) is 4.74. The summed E-state index contributed by atoms with van der Waals surface area (Å²) in [5.74, 6) is 4.36. The summed E-state index contributed by atoms with van der Waals surface area (Å²) < 4.78 is 0. The van der Waals surface area contributed by atoms with E-state index < -0.39 is 0 Å². The van der Waals surface area contributed by atoms with Gasteiger partial charge in [-0.15, -0.1) is 0 Å². The monoisotopic (exact) mass is 311 g/mol. The molecule has 0 aromatic rings. The maximum absolute atomic E-state index is 11.9. The average molecular weight is 311 g/mol. The second-order valence-electron chi connectivity index (χ2n) is 8.85. The second kappa shape index (κ2) is 5.47. The van der Waals surface area contributed by atoms with E-state index in [4.69, 9.17) is 0 Å². The van der Waals surface area contributed by atoms with Crippen molar-refractivity contribution in [3.63, 3.8) is 0 Å². The van der Waals surface area contributed by atoms with Gasteiger partial charge in [-0.05, 0) is 79.6 Å². The van der Waals surface area contributed by atoms with Crippen molar-refractivity contribution in [2.45, 2.75) is 65.2 Å². The molecule has 0 spiro atoms. The van der Waals surface area contributed by atoms with Gasteiger partial charge in [0.25, 0.3) is 0 Å². The lowest BCUT2D eigenvalue weighted by molar-refractivity contribution is -0.116. The van der Waals surface area contributed by atoms with Gasteiger partial charge in [0.1, 0.15) is 0 Å². The first-order valence-electron chi connectivity index (χ1n) is 9.71. The number of ketones is 1. The summed E-state index contributed by atoms with van der Waals surface area (Å²) in [6, 6.07) is 2.64. The molecule has 2 heteroatoms. The molecule has 0 saturated heterocycles. The molecule has 0 radical (unpaired) electrons. The molecule has 124 valence electrons. The summed E-state index contributed by atoms with van der Waals surface area (Å²) in [5.41, 5.74) is 1.74. The summed E-state index contributed by atoms with van der Waals surface area (Å²) >= 11 is 0. The Hall–Kier alpha value is -1.10. The highest BCUT2D eigenvalue weighted by molar-refractivity contribution is 5.91. The quantitative estimate of drug-likeness (QED) is 0.690. The minimum absolute atomic E-state index is 0.259. The van der Waals surface area contributed by atoms with Crippen LogP contribution in [0.1, 0.15) is 65.2 Å². The molecule has 3 saturated carbocycles. The number of carbonyl (C=O) groups is 1. The predicted octanol–water partition coefficient (Wildman–Crippen LogP) is 4.90. The van der Waals surface area contributed by atoms with Gasteiger partial charge in [0, 0.05) is 6.42 Å². The number of carbonyl (C=O) groups excluding carboxylic acids is 1. The Kier molecular flexibility index (Phi) is 3.67. The molecular weight excluding hydrogens is 282 g/mol. The lowest BCUT2D eigenvalue weighted by Crippen LogP contribution is -2.49. The fourth-order valence-electron chi connectivity index (χ4n) is 7.01. The van der Waals surface area contributed by atoms with Gasteiger partial charge >= 0.3 is 0 Å². The van der Waals surface area contributed by atoms with E-state index in [-0.39, 0.29) is 11.3 Å². The number of nitrogens with zero attached hydrogens (tertiary/aromatic N) is 1. The zero-order valence-electron chi connectivity index (χ0n) is 14.6. The number of nitriles is 1. The van der Waals surface area contributed by atoms with Crippen LogP contribution in [0, 0.1) is 52.3 Å². The van der Waals surface area contributed by atoms with Gasteiger partial charge in [-0.25, -0.2) is 0 Å². The van der Waals surface area contributed by atoms with E-state index in [0.717, 1.165) is 49.4 Å². The van der Waals surface area contributed by atoms with Crippen molar-refractivity contribution >= 4 is 5.78 Å². The van der Waals surface area contributed by atoms with Crippen LogP contribution in [0.25, 0.3) is 0 Å². The van der Waals surface area contributed by atoms with Crippen LogP contribution in [0.4, 0.5) is 0 Å². The Balaban J connectivity index is 1.70. The van der Waals surface area contributed by atoms with E-state index in [0.29, 0.717) is 11.7 Å². The smallest absolute Gasteiger partial charge is 0.155 e. The van der Waals surface area contributed by atoms with E-state index >= 15 is 0 Å². The SMILES string of the molecule is CCC1CC2=CC(=O)CC[C@@H]2[C@H]2CC[C@]3(C)C(C#N)CC[C@H]3[C@H]12. The van der Waals surface area contributed by atoms with Gasteiger partial charge in [-0.2, -0.15) is 5.26 Å². The lowest BCUT2D eigenvalue weighted by Gasteiger charge is -2.56. The average Bonchev–Trinajstić information content (AvgIpc) is 2.89. The van der Waals surface area contributed by atoms with E-state index in [1.54, 1.807) is 0 Å². The zero-order valence-corrected chi connectivity index (χ0v) is 14.6. The van der Waals surface area contributed by atoms with Crippen molar-refractivity contribution < 1.29 is 4.79 Å². The third kappa shape index (κ3) is 2.15. The Morgan fingerprint density at radius 1 is 1.30 bits per heavy atom. The minimum Gasteiger partial charge on any atom is -0.295 e. The molecule has 4 aliphatic rings. The second-order valence-corrected chi connectivity index (χ2v) is 8.85. The molecule has 2 nitrogen and oxygen atoms in total. The van der Waals surface area contributed by atoms with Gasteiger partial charge < -0.3 is 0 Å². The molecule has 0 heterocycles. The highest BCUT2D eigenvalue weighted by Gasteiger charge is 2.58. The molecule has 0 N–H and O–H groups in total. The van der Waals surface area contributed by atoms with Crippen LogP contribution >= 0.6 is 0 Å². The number of allylic oxidation sites excluding steroid dienone is 1. The molecule has 0 bridgehead atoms. The Bertz CT molecular complexity index is 585. The minimum atomic E-state index is 0.259. The van der Waals surface area contributed by atoms with Crippen molar-refractivity contribution in [1.82, 2.24) is 0 Å². The van der Waals surface area contributed by atoms with Crippen molar-refractivity contribution in [1.29, 1.82) is 5.26 Å². The summed E-state index contributed by atoms with van der Waals surface area (Å²) in [7, 11) is 0. The van der Waals surface area contributed by atoms with Crippen molar-refractivity contribution in [2.24, 2.45) is 40.9 Å². The normalized spacial score (nSPS) is 48.7. The zero-order chi connectivity index (χ0) is 16.2. The third-order valence-corrected chi connectivity index (χ3v) is 8.15. The topological polar surface area (TPSA) is 40.9 Å². The highest BCUT2D eigenvalue weighted by atomic mass is 16.1. The predicted molar refractivity (Wildman–Crippen MR) is 90.4 cm³/mol. The maximum atomic E-state index is 11.9. The first kappa shape index (κ1) is 15.4. The molecule has 0 aliphatic heterocycles. The molecule has 4 rings (SSSR count). The van der Waals surface area contributed by atoms with Crippen LogP contribution in [0.15, 0.2) is 11.6 Å². The van der Waals surface area contributed by atoms with Crippen molar-refractivity contribution in [3.8, 4) is 6.07 Å². The Morgan fingerprint density at radius 2 is 2.13 bits per heavy atom. The van der Waals surface area contributed by atoms with E-state index in [1.807, 2.05) is 6.08 Å². The summed E-state index contributed by atoms with van der Waals surface area (Å²) in [5, 5.41) is 9.61. The largest absolute Gasteiger partial charge is 0.295 e. The molecule has 0 aromatic heterocycles. The first-order chi connectivity index (χ1) is 11.1. The van der Waals surface area contributed by atoms with Crippen LogP contribution < -0.4 is 0 Å². The van der Waals surface area contributed by atoms with Gasteiger partial charge in [0.15, 0.2) is 5.78 Å². The van der Waals surface area contributed by atoms with Gasteiger partial charge in [-0.3, -0.25) is 4.79 Å². The highest BCUT2D eigenvalue weighted by Crippen LogP contribution is 2.65. The van der Waals surface area contributed by atoms with E-state index in [1.165, 1.54) is 31.3 Å². The van der Waals surface area contributed by atoms with Crippen LogP contribution in [0.3, 0.4) is 0 Å². The molecule has 2 unspecified atom stereocenters.